The third-order valence-corrected chi connectivity index (χ3v) is 6.67. The van der Waals surface area contributed by atoms with E-state index < -0.39 is 5.91 Å². The Morgan fingerprint density at radius 2 is 1.67 bits per heavy atom. The quantitative estimate of drug-likeness (QED) is 0.541. The van der Waals surface area contributed by atoms with Gasteiger partial charge in [0.1, 0.15) is 5.04 Å². The molecule has 0 saturated carbocycles. The molecule has 164 valence electrons. The second kappa shape index (κ2) is 8.01. The number of aryl methyl sites for hydroxylation is 3. The molecule has 0 atom stereocenters. The molecule has 2 aliphatic heterocycles. The zero-order valence-corrected chi connectivity index (χ0v) is 19.7. The SMILES string of the molecule is Cc1cc(C)cc(-n2c(C)cc(/C=C3\C(=N)N4N=C(c5ccccc5)SC4=NC3=O)c2C)c1. The van der Waals surface area contributed by atoms with Crippen LogP contribution >= 0.6 is 11.8 Å². The Balaban J connectivity index is 1.53. The maximum atomic E-state index is 12.9. The molecule has 0 unspecified atom stereocenters. The number of hydrogen-bond donors (Lipinski definition) is 1. The number of hydrogen-bond acceptors (Lipinski definition) is 4. The van der Waals surface area contributed by atoms with Crippen LogP contribution in [-0.4, -0.2) is 31.5 Å². The first-order valence-electron chi connectivity index (χ1n) is 10.6. The lowest BCUT2D eigenvalue weighted by atomic mass is 10.1. The van der Waals surface area contributed by atoms with E-state index in [1.165, 1.54) is 27.9 Å². The van der Waals surface area contributed by atoms with Crippen molar-refractivity contribution in [3.05, 3.63) is 93.8 Å². The standard InChI is InChI=1S/C26H23N5OS/c1-15-10-16(2)12-21(11-15)30-17(3)13-20(18(30)4)14-22-23(27)31-26(28-24(22)32)33-25(29-31)19-8-6-5-7-9-19/h5-14,27H,1-4H3/b22-14+,27-23?. The Labute approximate surface area is 196 Å². The molecule has 2 aromatic carbocycles. The number of aromatic nitrogens is 1. The Morgan fingerprint density at radius 3 is 2.36 bits per heavy atom. The van der Waals surface area contributed by atoms with Crippen molar-refractivity contribution >= 4 is 39.8 Å². The van der Waals surface area contributed by atoms with E-state index in [1.807, 2.05) is 50.2 Å². The molecule has 0 saturated heterocycles. The Kier molecular flexibility index (Phi) is 5.13. The van der Waals surface area contributed by atoms with Gasteiger partial charge in [0, 0.05) is 22.6 Å². The number of nitrogens with zero attached hydrogens (tertiary/aromatic N) is 4. The molecule has 1 aromatic heterocycles. The van der Waals surface area contributed by atoms with Gasteiger partial charge in [-0.15, -0.1) is 0 Å². The summed E-state index contributed by atoms with van der Waals surface area (Å²) in [5, 5.41) is 15.8. The van der Waals surface area contributed by atoms with Crippen molar-refractivity contribution in [1.82, 2.24) is 9.58 Å². The molecule has 3 heterocycles. The number of fused-ring (bicyclic) bond motifs is 1. The van der Waals surface area contributed by atoms with Crippen LogP contribution in [-0.2, 0) is 4.79 Å². The normalized spacial score (nSPS) is 16.8. The summed E-state index contributed by atoms with van der Waals surface area (Å²) in [6, 6.07) is 18.2. The van der Waals surface area contributed by atoms with E-state index in [0.717, 1.165) is 33.2 Å². The predicted molar refractivity (Wildman–Crippen MR) is 135 cm³/mol. The van der Waals surface area contributed by atoms with Gasteiger partial charge in [-0.25, -0.2) is 0 Å². The van der Waals surface area contributed by atoms with Gasteiger partial charge < -0.3 is 4.57 Å². The molecular weight excluding hydrogens is 430 g/mol. The monoisotopic (exact) mass is 453 g/mol. The van der Waals surface area contributed by atoms with Crippen LogP contribution < -0.4 is 0 Å². The van der Waals surface area contributed by atoms with Gasteiger partial charge in [-0.1, -0.05) is 36.4 Å². The lowest BCUT2D eigenvalue weighted by molar-refractivity contribution is -0.114. The van der Waals surface area contributed by atoms with Crippen LogP contribution in [0, 0.1) is 33.1 Å². The van der Waals surface area contributed by atoms with E-state index in [1.54, 1.807) is 6.08 Å². The molecular formula is C26H23N5OS. The van der Waals surface area contributed by atoms with Crippen LogP contribution in [0.1, 0.15) is 33.6 Å². The minimum atomic E-state index is -0.417. The maximum absolute atomic E-state index is 12.9. The average molecular weight is 454 g/mol. The highest BCUT2D eigenvalue weighted by Gasteiger charge is 2.36. The van der Waals surface area contributed by atoms with Crippen LogP contribution in [0.5, 0.6) is 0 Å². The molecule has 6 nitrogen and oxygen atoms in total. The number of carbonyl (C=O) groups excluding carboxylic acids is 1. The first-order chi connectivity index (χ1) is 15.8. The van der Waals surface area contributed by atoms with Crippen molar-refractivity contribution in [3.8, 4) is 5.69 Å². The zero-order valence-electron chi connectivity index (χ0n) is 18.9. The molecule has 33 heavy (non-hydrogen) atoms. The lowest BCUT2D eigenvalue weighted by Crippen LogP contribution is -2.35. The summed E-state index contributed by atoms with van der Waals surface area (Å²) in [6.07, 6.45) is 1.76. The maximum Gasteiger partial charge on any atom is 0.283 e. The number of nitrogens with one attached hydrogen (secondary N) is 1. The highest BCUT2D eigenvalue weighted by atomic mass is 32.2. The fraction of sp³-hybridized carbons (Fsp3) is 0.154. The molecule has 5 rings (SSSR count). The lowest BCUT2D eigenvalue weighted by Gasteiger charge is -2.20. The highest BCUT2D eigenvalue weighted by molar-refractivity contribution is 8.27. The molecule has 7 heteroatoms. The first kappa shape index (κ1) is 21.2. The van der Waals surface area contributed by atoms with Crippen LogP contribution in [0.2, 0.25) is 0 Å². The van der Waals surface area contributed by atoms with Gasteiger partial charge in [0.25, 0.3) is 5.91 Å². The van der Waals surface area contributed by atoms with Crippen LogP contribution in [0.15, 0.2) is 70.3 Å². The second-order valence-corrected chi connectivity index (χ2v) is 9.25. The van der Waals surface area contributed by atoms with Gasteiger partial charge in [-0.05, 0) is 80.4 Å². The molecule has 0 bridgehead atoms. The molecule has 1 amide bonds. The molecule has 0 radical (unpaired) electrons. The summed E-state index contributed by atoms with van der Waals surface area (Å²) in [7, 11) is 0. The van der Waals surface area contributed by atoms with Crippen molar-refractivity contribution in [2.45, 2.75) is 27.7 Å². The van der Waals surface area contributed by atoms with Gasteiger partial charge in [0.15, 0.2) is 5.84 Å². The second-order valence-electron chi connectivity index (χ2n) is 8.30. The van der Waals surface area contributed by atoms with E-state index in [9.17, 15) is 4.79 Å². The third kappa shape index (κ3) is 3.74. The summed E-state index contributed by atoms with van der Waals surface area (Å²) >= 11 is 1.31. The van der Waals surface area contributed by atoms with E-state index in [2.05, 4.69) is 46.7 Å². The number of carbonyl (C=O) groups is 1. The van der Waals surface area contributed by atoms with Gasteiger partial charge in [0.05, 0.1) is 5.57 Å². The van der Waals surface area contributed by atoms with E-state index in [-0.39, 0.29) is 11.4 Å². The molecule has 0 fully saturated rings. The highest BCUT2D eigenvalue weighted by Crippen LogP contribution is 2.32. The van der Waals surface area contributed by atoms with Crippen molar-refractivity contribution in [3.63, 3.8) is 0 Å². The number of thioether (sulfide) groups is 1. The summed E-state index contributed by atoms with van der Waals surface area (Å²) < 4.78 is 2.18. The Hall–Kier alpha value is -3.71. The number of rotatable bonds is 3. The molecule has 3 aromatic rings. The Morgan fingerprint density at radius 1 is 0.970 bits per heavy atom. The van der Waals surface area contributed by atoms with Crippen LogP contribution in [0.3, 0.4) is 0 Å². The van der Waals surface area contributed by atoms with E-state index in [0.29, 0.717) is 5.17 Å². The van der Waals surface area contributed by atoms with Gasteiger partial charge in [-0.2, -0.15) is 15.1 Å². The summed E-state index contributed by atoms with van der Waals surface area (Å²) in [5.41, 5.74) is 7.60. The smallest absolute Gasteiger partial charge is 0.283 e. The number of hydrazone groups is 1. The fourth-order valence-corrected chi connectivity index (χ4v) is 5.15. The van der Waals surface area contributed by atoms with Crippen molar-refractivity contribution in [2.24, 2.45) is 10.1 Å². The van der Waals surface area contributed by atoms with Gasteiger partial charge in [-0.3, -0.25) is 10.2 Å². The Bertz CT molecular complexity index is 1390. The largest absolute Gasteiger partial charge is 0.318 e. The number of benzene rings is 2. The fourth-order valence-electron chi connectivity index (χ4n) is 4.26. The van der Waals surface area contributed by atoms with Crippen molar-refractivity contribution in [1.29, 1.82) is 5.41 Å². The first-order valence-corrected chi connectivity index (χ1v) is 11.5. The molecule has 0 aliphatic carbocycles. The predicted octanol–water partition coefficient (Wildman–Crippen LogP) is 5.38. The van der Waals surface area contributed by atoms with Crippen LogP contribution in [0.25, 0.3) is 11.8 Å². The molecule has 0 spiro atoms. The number of amides is 1. The minimum absolute atomic E-state index is 0.0413. The number of aliphatic imine (C=N–C) groups is 1. The summed E-state index contributed by atoms with van der Waals surface area (Å²) in [5.74, 6) is -0.376. The molecule has 1 N–H and O–H groups in total. The summed E-state index contributed by atoms with van der Waals surface area (Å²) in [6.45, 7) is 8.25. The number of amidine groups is 2. The zero-order chi connectivity index (χ0) is 23.3. The topological polar surface area (TPSA) is 73.8 Å². The van der Waals surface area contributed by atoms with E-state index in [4.69, 9.17) is 5.41 Å². The van der Waals surface area contributed by atoms with Crippen LogP contribution in [0.4, 0.5) is 0 Å². The van der Waals surface area contributed by atoms with Crippen molar-refractivity contribution in [2.75, 3.05) is 0 Å². The van der Waals surface area contributed by atoms with E-state index >= 15 is 0 Å². The summed E-state index contributed by atoms with van der Waals surface area (Å²) in [4.78, 5) is 17.1. The van der Waals surface area contributed by atoms with Gasteiger partial charge in [0.2, 0.25) is 5.17 Å². The van der Waals surface area contributed by atoms with Gasteiger partial charge >= 0.3 is 0 Å². The minimum Gasteiger partial charge on any atom is -0.318 e. The average Bonchev–Trinajstić information content (AvgIpc) is 3.31. The molecule has 2 aliphatic rings. The third-order valence-electron chi connectivity index (χ3n) is 5.71. The van der Waals surface area contributed by atoms with Crippen molar-refractivity contribution < 1.29 is 4.79 Å².